The lowest BCUT2D eigenvalue weighted by Gasteiger charge is -2.05. The summed E-state index contributed by atoms with van der Waals surface area (Å²) >= 11 is 8.26. The maximum Gasteiger partial charge on any atom is 0.261 e. The third kappa shape index (κ3) is 5.35. The molecule has 1 aliphatic carbocycles. The summed E-state index contributed by atoms with van der Waals surface area (Å²) in [4.78, 5) is 6.61. The fraction of sp³-hybridized carbons (Fsp3) is 0.364. The van der Waals surface area contributed by atoms with Crippen LogP contribution >= 0.6 is 27.5 Å². The lowest BCUT2D eigenvalue weighted by Crippen LogP contribution is -2.03. The Kier molecular flexibility index (Phi) is 8.00. The van der Waals surface area contributed by atoms with Crippen molar-refractivity contribution in [3.8, 4) is 23.0 Å². The highest BCUT2D eigenvalue weighted by Gasteiger charge is 2.54. The maximum absolute atomic E-state index is 13.7. The highest BCUT2D eigenvalue weighted by atomic mass is 79.9. The van der Waals surface area contributed by atoms with Crippen LogP contribution in [0, 0.1) is 24.8 Å². The molecule has 2 aliphatic heterocycles. The highest BCUT2D eigenvalue weighted by Crippen LogP contribution is 2.52. The molecule has 0 N–H and O–H groups in total. The van der Waals surface area contributed by atoms with Crippen LogP contribution in [0.15, 0.2) is 24.3 Å². The first kappa shape index (κ1) is 23.9. The molecular formula is C22H18BrClF2N2O4. The van der Waals surface area contributed by atoms with E-state index < -0.39 is 11.4 Å². The largest absolute Gasteiger partial charge is 0.454 e. The van der Waals surface area contributed by atoms with Crippen molar-refractivity contribution in [2.45, 2.75) is 24.9 Å². The molecule has 1 fully saturated rings. The molecule has 3 aliphatic rings. The molecule has 2 aromatic rings. The van der Waals surface area contributed by atoms with Gasteiger partial charge in [-0.15, -0.1) is 11.6 Å². The Morgan fingerprint density at radius 2 is 1.41 bits per heavy atom. The Morgan fingerprint density at radius 1 is 0.906 bits per heavy atom. The average molecular weight is 528 g/mol. The van der Waals surface area contributed by atoms with Crippen LogP contribution in [0.5, 0.6) is 23.0 Å². The summed E-state index contributed by atoms with van der Waals surface area (Å²) in [5, 5.41) is 0.897. The van der Waals surface area contributed by atoms with Crippen LogP contribution in [-0.2, 0) is 12.1 Å². The number of benzene rings is 2. The van der Waals surface area contributed by atoms with Gasteiger partial charge in [0.1, 0.15) is 11.6 Å². The molecule has 0 atom stereocenters. The standard InChI is InChI=1S/C11H8FNO2.C9H6FNO2.C2H4BrCl/c1-13-11(2-3-11)7-4-9-10(5-8(7)12)15-6-14-9;1-11-4-6-2-8-9(3-7(6)10)13-5-12-8;3-1-2-4/h4-5H,2-3,6H2;2-3H,4-5H2;1-2H2. The van der Waals surface area contributed by atoms with Gasteiger partial charge in [0.05, 0.1) is 11.1 Å². The van der Waals surface area contributed by atoms with Crippen molar-refractivity contribution >= 4 is 27.5 Å². The highest BCUT2D eigenvalue weighted by molar-refractivity contribution is 9.09. The predicted molar refractivity (Wildman–Crippen MR) is 117 cm³/mol. The first-order chi connectivity index (χ1) is 15.5. The summed E-state index contributed by atoms with van der Waals surface area (Å²) in [6.07, 6.45) is 1.46. The van der Waals surface area contributed by atoms with Gasteiger partial charge in [-0.05, 0) is 12.1 Å². The molecule has 0 amide bonds. The number of hydrogen-bond donors (Lipinski definition) is 0. The zero-order valence-corrected chi connectivity index (χ0v) is 19.1. The number of fused-ring (bicyclic) bond motifs is 2. The second-order valence-corrected chi connectivity index (χ2v) is 7.99. The number of halogens is 4. The van der Waals surface area contributed by atoms with E-state index in [-0.39, 0.29) is 25.9 Å². The van der Waals surface area contributed by atoms with Crippen LogP contribution in [0.1, 0.15) is 24.0 Å². The molecule has 10 heteroatoms. The molecule has 2 heterocycles. The summed E-state index contributed by atoms with van der Waals surface area (Å²) in [7, 11) is 0. The Bertz CT molecular complexity index is 1070. The van der Waals surface area contributed by atoms with E-state index in [4.69, 9.17) is 43.7 Å². The molecule has 168 valence electrons. The molecule has 0 bridgehead atoms. The van der Waals surface area contributed by atoms with Gasteiger partial charge in [0.25, 0.3) is 5.54 Å². The smallest absolute Gasteiger partial charge is 0.261 e. The topological polar surface area (TPSA) is 45.6 Å². The van der Waals surface area contributed by atoms with Gasteiger partial charge in [-0.2, -0.15) is 0 Å². The van der Waals surface area contributed by atoms with E-state index >= 15 is 0 Å². The normalized spacial score (nSPS) is 15.3. The van der Waals surface area contributed by atoms with Crippen LogP contribution < -0.4 is 18.9 Å². The fourth-order valence-corrected chi connectivity index (χ4v) is 3.00. The van der Waals surface area contributed by atoms with Gasteiger partial charge in [-0.3, -0.25) is 0 Å². The van der Waals surface area contributed by atoms with E-state index in [0.29, 0.717) is 40.0 Å². The minimum atomic E-state index is -0.634. The average Bonchev–Trinajstić information content (AvgIpc) is 3.23. The summed E-state index contributed by atoms with van der Waals surface area (Å²) in [5.74, 6) is 1.82. The van der Waals surface area contributed by atoms with Crippen LogP contribution in [0.4, 0.5) is 8.78 Å². The van der Waals surface area contributed by atoms with E-state index in [0.717, 1.165) is 18.2 Å². The van der Waals surface area contributed by atoms with Gasteiger partial charge in [0.2, 0.25) is 20.1 Å². The second kappa shape index (κ2) is 10.7. The molecule has 0 saturated heterocycles. The minimum absolute atomic E-state index is 0.0302. The lowest BCUT2D eigenvalue weighted by molar-refractivity contribution is 0.173. The Morgan fingerprint density at radius 3 is 1.88 bits per heavy atom. The molecule has 6 nitrogen and oxygen atoms in total. The predicted octanol–water partition coefficient (Wildman–Crippen LogP) is 6.06. The zero-order valence-electron chi connectivity index (χ0n) is 16.8. The number of nitrogens with zero attached hydrogens (tertiary/aromatic N) is 2. The van der Waals surface area contributed by atoms with Crippen molar-refractivity contribution in [2.24, 2.45) is 0 Å². The van der Waals surface area contributed by atoms with Crippen molar-refractivity contribution in [3.05, 3.63) is 69.9 Å². The minimum Gasteiger partial charge on any atom is -0.454 e. The Balaban J connectivity index is 0.000000157. The summed E-state index contributed by atoms with van der Waals surface area (Å²) in [6.45, 7) is 14.0. The maximum atomic E-state index is 13.7. The van der Waals surface area contributed by atoms with Gasteiger partial charge in [0, 0.05) is 36.2 Å². The van der Waals surface area contributed by atoms with Gasteiger partial charge >= 0.3 is 0 Å². The van der Waals surface area contributed by atoms with Gasteiger partial charge in [-0.1, -0.05) is 15.9 Å². The zero-order chi connectivity index (χ0) is 23.1. The quantitative estimate of drug-likeness (QED) is 0.360. The van der Waals surface area contributed by atoms with E-state index in [1.54, 1.807) is 6.07 Å². The van der Waals surface area contributed by atoms with Crippen molar-refractivity contribution in [2.75, 3.05) is 24.8 Å². The lowest BCUT2D eigenvalue weighted by atomic mass is 10.0. The summed E-state index contributed by atoms with van der Waals surface area (Å²) in [5.41, 5.74) is 0.159. The SMILES string of the molecule is ClCCBr.[C-]#[N+]C1(c2cc3c(cc2F)OCO3)CC1.[C-]#[N+]Cc1cc2c(cc1F)OCO2. The number of alkyl halides is 2. The van der Waals surface area contributed by atoms with Gasteiger partial charge in [0.15, 0.2) is 23.0 Å². The molecule has 1 saturated carbocycles. The molecule has 2 aromatic carbocycles. The fourth-order valence-electron chi connectivity index (χ4n) is 3.00. The summed E-state index contributed by atoms with van der Waals surface area (Å²) < 4.78 is 47.1. The molecule has 32 heavy (non-hydrogen) atoms. The second-order valence-electron chi connectivity index (χ2n) is 6.82. The van der Waals surface area contributed by atoms with Crippen molar-refractivity contribution in [1.29, 1.82) is 0 Å². The summed E-state index contributed by atoms with van der Waals surface area (Å²) in [6, 6.07) is 5.67. The monoisotopic (exact) mass is 526 g/mol. The Labute approximate surface area is 197 Å². The van der Waals surface area contributed by atoms with Crippen LogP contribution in [-0.4, -0.2) is 24.8 Å². The molecule has 5 rings (SSSR count). The first-order valence-corrected chi connectivity index (χ1v) is 11.1. The van der Waals surface area contributed by atoms with Gasteiger partial charge < -0.3 is 28.6 Å². The number of ether oxygens (including phenoxy) is 4. The van der Waals surface area contributed by atoms with Crippen molar-refractivity contribution in [1.82, 2.24) is 0 Å². The number of hydrogen-bond acceptors (Lipinski definition) is 4. The first-order valence-electron chi connectivity index (χ1n) is 9.49. The molecule has 0 unspecified atom stereocenters. The third-order valence-corrected chi connectivity index (χ3v) is 5.81. The molecule has 0 spiro atoms. The van der Waals surface area contributed by atoms with Crippen molar-refractivity contribution < 1.29 is 27.7 Å². The van der Waals surface area contributed by atoms with Crippen LogP contribution in [0.2, 0.25) is 0 Å². The van der Waals surface area contributed by atoms with Crippen molar-refractivity contribution in [3.63, 3.8) is 0 Å². The van der Waals surface area contributed by atoms with Crippen LogP contribution in [0.25, 0.3) is 9.69 Å². The third-order valence-electron chi connectivity index (χ3n) is 4.76. The number of rotatable bonds is 3. The molecule has 0 aromatic heterocycles. The molecular weight excluding hydrogens is 510 g/mol. The van der Waals surface area contributed by atoms with Crippen LogP contribution in [0.3, 0.4) is 0 Å². The van der Waals surface area contributed by atoms with E-state index in [9.17, 15) is 8.78 Å². The van der Waals surface area contributed by atoms with E-state index in [1.807, 2.05) is 0 Å². The van der Waals surface area contributed by atoms with E-state index in [2.05, 4.69) is 25.6 Å². The van der Waals surface area contributed by atoms with E-state index in [1.165, 1.54) is 18.2 Å². The molecule has 0 radical (unpaired) electrons. The Hall–Kier alpha value is -2.75. The van der Waals surface area contributed by atoms with Gasteiger partial charge in [-0.25, -0.2) is 21.9 Å².